The summed E-state index contributed by atoms with van der Waals surface area (Å²) >= 11 is 0. The van der Waals surface area contributed by atoms with Crippen molar-refractivity contribution >= 4 is 17.6 Å². The number of hydrogen-bond acceptors (Lipinski definition) is 8. The highest BCUT2D eigenvalue weighted by molar-refractivity contribution is 5.98. The van der Waals surface area contributed by atoms with Crippen molar-refractivity contribution in [1.82, 2.24) is 30.0 Å². The first-order valence-electron chi connectivity index (χ1n) is 13.0. The van der Waals surface area contributed by atoms with Crippen LogP contribution in [0.25, 0.3) is 5.69 Å². The smallest absolute Gasteiger partial charge is 0.237 e. The van der Waals surface area contributed by atoms with Crippen molar-refractivity contribution in [3.63, 3.8) is 0 Å². The third-order valence-corrected chi connectivity index (χ3v) is 7.89. The molecule has 2 saturated heterocycles. The van der Waals surface area contributed by atoms with Crippen LogP contribution in [0.15, 0.2) is 59.9 Å². The van der Waals surface area contributed by atoms with Gasteiger partial charge in [-0.3, -0.25) is 14.5 Å². The van der Waals surface area contributed by atoms with Gasteiger partial charge in [-0.05, 0) is 37.1 Å². The van der Waals surface area contributed by atoms with E-state index < -0.39 is 0 Å². The van der Waals surface area contributed by atoms with Gasteiger partial charge in [0, 0.05) is 68.2 Å². The van der Waals surface area contributed by atoms with E-state index in [1.165, 1.54) is 0 Å². The lowest BCUT2D eigenvalue weighted by molar-refractivity contribution is -0.133. The molecular weight excluding hydrogens is 468 g/mol. The van der Waals surface area contributed by atoms with Crippen molar-refractivity contribution in [2.45, 2.75) is 37.9 Å². The number of benzene rings is 1. The Morgan fingerprint density at radius 1 is 1.08 bits per heavy atom. The molecule has 2 fully saturated rings. The quantitative estimate of drug-likeness (QED) is 0.573. The zero-order valence-electron chi connectivity index (χ0n) is 20.7. The number of para-hydroxylation sites is 1. The number of amides is 1. The molecule has 2 unspecified atom stereocenters. The lowest BCUT2D eigenvalue weighted by atomic mass is 10.1. The minimum Gasteiger partial charge on any atom is -0.348 e. The number of hydroxylamine groups is 1. The molecule has 10 heteroatoms. The number of hydrogen-bond donors (Lipinski definition) is 1. The fraction of sp³-hybridized carbons (Fsp3) is 0.407. The van der Waals surface area contributed by atoms with Crippen molar-refractivity contribution < 1.29 is 9.63 Å². The standard InChI is InChI=1S/C27H30N8O2/c36-26(33-11-10-24-20(13-33)14-34(30-24)21-4-2-1-3-5-21)17-32-15-22-7-8-23(16-32)35(22)25-9-6-19(12-28-25)27-29-18-37-31-27/h1-6,9,12,14,22-23H,7-8,10-11,13,15-18H2,(H,29,31). The summed E-state index contributed by atoms with van der Waals surface area (Å²) in [5.74, 6) is 1.93. The van der Waals surface area contributed by atoms with Crippen LogP contribution >= 0.6 is 0 Å². The lowest BCUT2D eigenvalue weighted by Crippen LogP contribution is -2.56. The molecule has 2 bridgehead atoms. The highest BCUT2D eigenvalue weighted by Gasteiger charge is 2.41. The predicted octanol–water partition coefficient (Wildman–Crippen LogP) is 1.74. The number of pyridine rings is 1. The lowest BCUT2D eigenvalue weighted by Gasteiger charge is -2.42. The third kappa shape index (κ3) is 4.25. The Morgan fingerprint density at radius 3 is 2.65 bits per heavy atom. The van der Waals surface area contributed by atoms with Gasteiger partial charge in [-0.15, -0.1) is 0 Å². The number of amidine groups is 1. The molecule has 3 aromatic rings. The van der Waals surface area contributed by atoms with Crippen molar-refractivity contribution in [1.29, 1.82) is 0 Å². The summed E-state index contributed by atoms with van der Waals surface area (Å²) in [6.07, 6.45) is 6.99. The van der Waals surface area contributed by atoms with Gasteiger partial charge in [-0.2, -0.15) is 5.10 Å². The van der Waals surface area contributed by atoms with Gasteiger partial charge in [0.25, 0.3) is 0 Å². The van der Waals surface area contributed by atoms with Gasteiger partial charge in [0.2, 0.25) is 5.91 Å². The van der Waals surface area contributed by atoms with Gasteiger partial charge < -0.3 is 9.80 Å². The molecule has 0 aliphatic carbocycles. The molecule has 0 saturated carbocycles. The number of likely N-dealkylation sites (tertiary alicyclic amines) is 1. The van der Waals surface area contributed by atoms with Gasteiger partial charge >= 0.3 is 0 Å². The third-order valence-electron chi connectivity index (χ3n) is 7.89. The van der Waals surface area contributed by atoms with E-state index in [9.17, 15) is 4.79 Å². The first kappa shape index (κ1) is 22.4. The average Bonchev–Trinajstić information content (AvgIpc) is 3.67. The fourth-order valence-corrected chi connectivity index (χ4v) is 6.08. The molecular formula is C27H30N8O2. The van der Waals surface area contributed by atoms with Crippen LogP contribution < -0.4 is 10.4 Å². The van der Waals surface area contributed by atoms with E-state index in [2.05, 4.69) is 44.7 Å². The number of anilines is 1. The minimum absolute atomic E-state index is 0.209. The summed E-state index contributed by atoms with van der Waals surface area (Å²) in [7, 11) is 0. The zero-order chi connectivity index (χ0) is 24.8. The van der Waals surface area contributed by atoms with Crippen molar-refractivity contribution in [2.24, 2.45) is 4.99 Å². The molecule has 4 aliphatic heterocycles. The summed E-state index contributed by atoms with van der Waals surface area (Å²) in [5.41, 5.74) is 7.04. The first-order chi connectivity index (χ1) is 18.2. The van der Waals surface area contributed by atoms with E-state index in [4.69, 9.17) is 14.9 Å². The van der Waals surface area contributed by atoms with E-state index in [-0.39, 0.29) is 5.91 Å². The second-order valence-electron chi connectivity index (χ2n) is 10.2. The second kappa shape index (κ2) is 9.28. The Labute approximate surface area is 215 Å². The topological polar surface area (TPSA) is 91.1 Å². The number of aromatic nitrogens is 3. The monoisotopic (exact) mass is 498 g/mol. The molecule has 37 heavy (non-hydrogen) atoms. The summed E-state index contributed by atoms with van der Waals surface area (Å²) < 4.78 is 1.93. The SMILES string of the molecule is O=C(CN1CC2CCC(C1)N2c1ccc(C2=NCON2)cn1)N1CCc2nn(-c3ccccc3)cc2C1. The summed E-state index contributed by atoms with van der Waals surface area (Å²) in [6.45, 7) is 3.94. The molecule has 10 nitrogen and oxygen atoms in total. The largest absolute Gasteiger partial charge is 0.348 e. The second-order valence-corrected chi connectivity index (χ2v) is 10.2. The molecule has 1 amide bonds. The Morgan fingerprint density at radius 2 is 1.92 bits per heavy atom. The van der Waals surface area contributed by atoms with E-state index in [0.29, 0.717) is 31.9 Å². The Bertz CT molecular complexity index is 1310. The average molecular weight is 499 g/mol. The molecule has 1 aromatic carbocycles. The van der Waals surface area contributed by atoms with Crippen LogP contribution in [0.3, 0.4) is 0 Å². The molecule has 190 valence electrons. The van der Waals surface area contributed by atoms with Gasteiger partial charge in [-0.1, -0.05) is 18.2 Å². The summed E-state index contributed by atoms with van der Waals surface area (Å²) in [4.78, 5) is 34.2. The van der Waals surface area contributed by atoms with Crippen molar-refractivity contribution in [2.75, 3.05) is 37.8 Å². The van der Waals surface area contributed by atoms with Gasteiger partial charge in [0.1, 0.15) is 5.82 Å². The van der Waals surface area contributed by atoms with Gasteiger partial charge in [0.15, 0.2) is 12.6 Å². The highest BCUT2D eigenvalue weighted by Crippen LogP contribution is 2.34. The van der Waals surface area contributed by atoms with E-state index in [1.54, 1.807) is 0 Å². The molecule has 2 aromatic heterocycles. The molecule has 1 N–H and O–H groups in total. The van der Waals surface area contributed by atoms with Crippen molar-refractivity contribution in [3.05, 3.63) is 71.7 Å². The minimum atomic E-state index is 0.209. The van der Waals surface area contributed by atoms with Crippen LogP contribution in [-0.4, -0.2) is 81.3 Å². The number of nitrogens with one attached hydrogen (secondary N) is 1. The highest BCUT2D eigenvalue weighted by atomic mass is 16.7. The van der Waals surface area contributed by atoms with E-state index >= 15 is 0 Å². The maximum absolute atomic E-state index is 13.3. The molecule has 6 heterocycles. The molecule has 0 radical (unpaired) electrons. The fourth-order valence-electron chi connectivity index (χ4n) is 6.08. The normalized spacial score (nSPS) is 23.1. The number of carbonyl (C=O) groups excluding carboxylic acids is 1. The van der Waals surface area contributed by atoms with Crippen LogP contribution in [-0.2, 0) is 22.6 Å². The number of fused-ring (bicyclic) bond motifs is 3. The molecule has 7 rings (SSSR count). The Balaban J connectivity index is 0.981. The molecule has 0 spiro atoms. The van der Waals surface area contributed by atoms with Gasteiger partial charge in [-0.25, -0.2) is 20.1 Å². The Kier molecular flexibility index (Phi) is 5.63. The summed E-state index contributed by atoms with van der Waals surface area (Å²) in [6, 6.07) is 15.0. The maximum atomic E-state index is 13.3. The number of nitrogens with zero attached hydrogens (tertiary/aromatic N) is 7. The van der Waals surface area contributed by atoms with Crippen LogP contribution in [0.1, 0.15) is 29.7 Å². The van der Waals surface area contributed by atoms with Crippen LogP contribution in [0.5, 0.6) is 0 Å². The van der Waals surface area contributed by atoms with Crippen LogP contribution in [0.4, 0.5) is 5.82 Å². The molecule has 2 atom stereocenters. The number of piperazine rings is 1. The zero-order valence-corrected chi connectivity index (χ0v) is 20.7. The van der Waals surface area contributed by atoms with E-state index in [1.807, 2.05) is 40.0 Å². The number of aliphatic imine (C=N–C) groups is 1. The predicted molar refractivity (Wildman–Crippen MR) is 138 cm³/mol. The molecule has 4 aliphatic rings. The van der Waals surface area contributed by atoms with E-state index in [0.717, 1.165) is 73.1 Å². The van der Waals surface area contributed by atoms with Crippen molar-refractivity contribution in [3.8, 4) is 5.69 Å². The Hall–Kier alpha value is -3.76. The van der Waals surface area contributed by atoms with Crippen LogP contribution in [0.2, 0.25) is 0 Å². The van der Waals surface area contributed by atoms with Crippen LogP contribution in [0, 0.1) is 0 Å². The van der Waals surface area contributed by atoms with Gasteiger partial charge in [0.05, 0.1) is 17.9 Å². The number of rotatable bonds is 5. The number of carbonyl (C=O) groups is 1. The first-order valence-corrected chi connectivity index (χ1v) is 13.0. The maximum Gasteiger partial charge on any atom is 0.237 e. The summed E-state index contributed by atoms with van der Waals surface area (Å²) in [5, 5.41) is 4.76.